The quantitative estimate of drug-likeness (QED) is 0.575. The van der Waals surface area contributed by atoms with Gasteiger partial charge in [-0.15, -0.1) is 0 Å². The van der Waals surface area contributed by atoms with Crippen LogP contribution in [0.25, 0.3) is 0 Å². The number of allylic oxidation sites excluding steroid dienone is 1. The number of nitrogens with one attached hydrogen (secondary N) is 1. The molecule has 23 heavy (non-hydrogen) atoms. The minimum atomic E-state index is -0.878. The van der Waals surface area contributed by atoms with Crippen molar-refractivity contribution in [3.05, 3.63) is 16.5 Å². The van der Waals surface area contributed by atoms with E-state index in [9.17, 15) is 15.1 Å². The van der Waals surface area contributed by atoms with Gasteiger partial charge in [0.15, 0.2) is 5.54 Å². The van der Waals surface area contributed by atoms with Crippen molar-refractivity contribution >= 4 is 5.91 Å². The molecule has 0 aromatic carbocycles. The summed E-state index contributed by atoms with van der Waals surface area (Å²) in [5, 5.41) is 28.6. The fourth-order valence-corrected chi connectivity index (χ4v) is 6.52. The van der Waals surface area contributed by atoms with Crippen LogP contribution in [0, 0.1) is 17.0 Å². The molecule has 128 valence electrons. The maximum Gasteiger partial charge on any atom is 0.220 e. The van der Waals surface area contributed by atoms with Gasteiger partial charge in [0.05, 0.1) is 13.1 Å². The second kappa shape index (κ2) is 4.80. The SMILES string of the molecule is CC(=O)NC1=C2CCC[N+]3([O-])CCC[C@]4(O)[C@H](C1)C[C@@H](C)C[C@]243. The van der Waals surface area contributed by atoms with Crippen molar-refractivity contribution < 1.29 is 14.5 Å². The van der Waals surface area contributed by atoms with Crippen LogP contribution in [0.4, 0.5) is 0 Å². The van der Waals surface area contributed by atoms with E-state index in [1.54, 1.807) is 0 Å². The highest BCUT2D eigenvalue weighted by molar-refractivity contribution is 5.75. The van der Waals surface area contributed by atoms with E-state index in [1.165, 1.54) is 6.92 Å². The summed E-state index contributed by atoms with van der Waals surface area (Å²) in [6.07, 6.45) is 5.70. The number of rotatable bonds is 1. The molecule has 5 atom stereocenters. The van der Waals surface area contributed by atoms with Crippen LogP contribution in [-0.2, 0) is 4.79 Å². The molecular weight excluding hydrogens is 292 g/mol. The Morgan fingerprint density at radius 2 is 2.13 bits per heavy atom. The van der Waals surface area contributed by atoms with Crippen molar-refractivity contribution in [2.24, 2.45) is 11.8 Å². The third kappa shape index (κ3) is 1.81. The first-order valence-electron chi connectivity index (χ1n) is 9.13. The summed E-state index contributed by atoms with van der Waals surface area (Å²) in [7, 11) is 0. The summed E-state index contributed by atoms with van der Waals surface area (Å²) in [5.74, 6) is 0.490. The van der Waals surface area contributed by atoms with Gasteiger partial charge in [-0.25, -0.2) is 0 Å². The molecule has 3 fully saturated rings. The summed E-state index contributed by atoms with van der Waals surface area (Å²) in [6, 6.07) is 0. The zero-order chi connectivity index (χ0) is 16.5. The van der Waals surface area contributed by atoms with E-state index >= 15 is 0 Å². The summed E-state index contributed by atoms with van der Waals surface area (Å²) in [4.78, 5) is 11.7. The second-order valence-electron chi connectivity index (χ2n) is 8.41. The topological polar surface area (TPSA) is 72.4 Å². The van der Waals surface area contributed by atoms with E-state index in [2.05, 4.69) is 12.2 Å². The van der Waals surface area contributed by atoms with Crippen LogP contribution < -0.4 is 5.32 Å². The second-order valence-corrected chi connectivity index (χ2v) is 8.41. The number of aliphatic hydroxyl groups is 1. The molecule has 0 aromatic rings. The molecule has 2 N–H and O–H groups in total. The normalized spacial score (nSPS) is 48.7. The van der Waals surface area contributed by atoms with Crippen LogP contribution in [0.1, 0.15) is 58.8 Å². The first-order chi connectivity index (χ1) is 10.8. The smallest absolute Gasteiger partial charge is 0.220 e. The zero-order valence-corrected chi connectivity index (χ0v) is 14.2. The van der Waals surface area contributed by atoms with E-state index in [0.717, 1.165) is 56.2 Å². The van der Waals surface area contributed by atoms with Gasteiger partial charge in [0.1, 0.15) is 5.60 Å². The number of nitrogens with zero attached hydrogens (tertiary/aromatic N) is 1. The number of hydroxylamine groups is 3. The highest BCUT2D eigenvalue weighted by Crippen LogP contribution is 2.64. The van der Waals surface area contributed by atoms with Crippen molar-refractivity contribution in [3.8, 4) is 0 Å². The van der Waals surface area contributed by atoms with Crippen molar-refractivity contribution in [1.29, 1.82) is 0 Å². The van der Waals surface area contributed by atoms with Crippen molar-refractivity contribution in [2.45, 2.75) is 69.9 Å². The molecule has 4 rings (SSSR count). The average Bonchev–Trinajstić information content (AvgIpc) is 2.43. The lowest BCUT2D eigenvalue weighted by Gasteiger charge is -2.73. The number of hydrogen-bond acceptors (Lipinski definition) is 3. The molecule has 5 heteroatoms. The maximum atomic E-state index is 13.9. The van der Waals surface area contributed by atoms with Gasteiger partial charge in [-0.2, -0.15) is 0 Å². The van der Waals surface area contributed by atoms with Gasteiger partial charge in [0, 0.05) is 31.0 Å². The van der Waals surface area contributed by atoms with E-state index in [-0.39, 0.29) is 16.5 Å². The number of quaternary nitrogens is 1. The van der Waals surface area contributed by atoms with E-state index in [0.29, 0.717) is 19.0 Å². The van der Waals surface area contributed by atoms with E-state index in [4.69, 9.17) is 0 Å². The van der Waals surface area contributed by atoms with Gasteiger partial charge in [-0.1, -0.05) is 6.92 Å². The predicted molar refractivity (Wildman–Crippen MR) is 86.9 cm³/mol. The summed E-state index contributed by atoms with van der Waals surface area (Å²) in [6.45, 7) is 4.97. The van der Waals surface area contributed by atoms with E-state index in [1.807, 2.05) is 0 Å². The number of amides is 1. The molecule has 5 nitrogen and oxygen atoms in total. The van der Waals surface area contributed by atoms with Gasteiger partial charge in [-0.3, -0.25) is 4.79 Å². The number of hydrogen-bond donors (Lipinski definition) is 2. The van der Waals surface area contributed by atoms with Crippen LogP contribution >= 0.6 is 0 Å². The van der Waals surface area contributed by atoms with Crippen molar-refractivity contribution in [1.82, 2.24) is 5.32 Å². The van der Waals surface area contributed by atoms with Gasteiger partial charge in [-0.05, 0) is 43.9 Å². The maximum absolute atomic E-state index is 13.9. The molecule has 2 heterocycles. The zero-order valence-electron chi connectivity index (χ0n) is 14.2. The molecule has 2 aliphatic heterocycles. The molecule has 0 aromatic heterocycles. The molecule has 1 spiro atoms. The Balaban J connectivity index is 1.95. The molecular formula is C18H28N2O3. The van der Waals surface area contributed by atoms with Gasteiger partial charge in [0.25, 0.3) is 0 Å². The third-order valence-electron chi connectivity index (χ3n) is 7.08. The Labute approximate surface area is 137 Å². The fourth-order valence-electron chi connectivity index (χ4n) is 6.52. The Morgan fingerprint density at radius 3 is 2.87 bits per heavy atom. The number of carbonyl (C=O) groups is 1. The van der Waals surface area contributed by atoms with Gasteiger partial charge < -0.3 is 20.3 Å². The van der Waals surface area contributed by atoms with Crippen LogP contribution in [0.2, 0.25) is 0 Å². The monoisotopic (exact) mass is 320 g/mol. The fraction of sp³-hybridized carbons (Fsp3) is 0.833. The lowest BCUT2D eigenvalue weighted by molar-refractivity contribution is -0.948. The van der Waals surface area contributed by atoms with Gasteiger partial charge >= 0.3 is 0 Å². The standard InChI is InChI=1S/C18H28N2O3/c1-12-9-14-10-16(19-13(2)21)15-5-3-7-20(23)8-4-6-18(14,22)17(15,20)11-12/h12,14,22H,3-11H2,1-2H3,(H,19,21)/t12-,14+,17+,18+,20?/m1/s1. The molecule has 2 bridgehead atoms. The largest absolute Gasteiger partial charge is 0.632 e. The minimum absolute atomic E-state index is 0.0640. The van der Waals surface area contributed by atoms with E-state index < -0.39 is 11.1 Å². The first-order valence-corrected chi connectivity index (χ1v) is 9.13. The lowest BCUT2D eigenvalue weighted by Crippen LogP contribution is -2.81. The van der Waals surface area contributed by atoms with Crippen molar-refractivity contribution in [2.75, 3.05) is 13.1 Å². The van der Waals surface area contributed by atoms with Crippen LogP contribution in [-0.4, -0.2) is 39.9 Å². The Bertz CT molecular complexity index is 585. The van der Waals surface area contributed by atoms with Crippen molar-refractivity contribution in [3.63, 3.8) is 0 Å². The molecule has 2 saturated heterocycles. The van der Waals surface area contributed by atoms with Crippen LogP contribution in [0.15, 0.2) is 11.3 Å². The molecule has 0 radical (unpaired) electrons. The molecule has 4 aliphatic rings. The Kier molecular flexibility index (Phi) is 3.26. The highest BCUT2D eigenvalue weighted by atomic mass is 16.6. The molecule has 2 aliphatic carbocycles. The van der Waals surface area contributed by atoms with Gasteiger partial charge in [0.2, 0.25) is 5.91 Å². The number of piperidine rings is 2. The Morgan fingerprint density at radius 1 is 1.39 bits per heavy atom. The third-order valence-corrected chi connectivity index (χ3v) is 7.08. The molecule has 1 saturated carbocycles. The van der Waals surface area contributed by atoms with Crippen LogP contribution in [0.5, 0.6) is 0 Å². The summed E-state index contributed by atoms with van der Waals surface area (Å²) < 4.78 is -0.261. The Hall–Kier alpha value is -0.910. The number of carbonyl (C=O) groups excluding carboxylic acids is 1. The first kappa shape index (κ1) is 15.6. The van der Waals surface area contributed by atoms with Crippen LogP contribution in [0.3, 0.4) is 0 Å². The summed E-state index contributed by atoms with van der Waals surface area (Å²) >= 11 is 0. The molecule has 1 amide bonds. The highest BCUT2D eigenvalue weighted by Gasteiger charge is 2.72. The minimum Gasteiger partial charge on any atom is -0.632 e. The summed E-state index contributed by atoms with van der Waals surface area (Å²) in [5.41, 5.74) is 0.456. The molecule has 1 unspecified atom stereocenters. The average molecular weight is 320 g/mol. The lowest BCUT2D eigenvalue weighted by atomic mass is 9.49. The predicted octanol–water partition coefficient (Wildman–Crippen LogP) is 2.20.